The van der Waals surface area contributed by atoms with Gasteiger partial charge in [0.15, 0.2) is 0 Å². The Bertz CT molecular complexity index is 740. The van der Waals surface area contributed by atoms with Crippen molar-refractivity contribution in [1.82, 2.24) is 4.90 Å². The van der Waals surface area contributed by atoms with E-state index in [1.165, 1.54) is 24.3 Å². The van der Waals surface area contributed by atoms with Crippen LogP contribution >= 0.6 is 0 Å². The number of aliphatic hydroxyl groups excluding tert-OH is 1. The monoisotopic (exact) mass is 314 g/mol. The molecule has 1 aliphatic rings. The van der Waals surface area contributed by atoms with Gasteiger partial charge in [-0.3, -0.25) is 4.90 Å². The zero-order valence-electron chi connectivity index (χ0n) is 12.4. The SMILES string of the molecule is N#Cc1ccc(CN2C[C@H](O)C[C@@H]2c2ccc(F)cc2)cc1F. The van der Waals surface area contributed by atoms with Crippen LogP contribution in [0.25, 0.3) is 0 Å². The molecule has 2 aromatic rings. The lowest BCUT2D eigenvalue weighted by atomic mass is 10.0. The van der Waals surface area contributed by atoms with Crippen LogP contribution in [0.1, 0.15) is 29.2 Å². The molecule has 0 aromatic heterocycles. The van der Waals surface area contributed by atoms with Crippen LogP contribution in [-0.4, -0.2) is 22.7 Å². The Morgan fingerprint density at radius 1 is 1.17 bits per heavy atom. The Labute approximate surface area is 133 Å². The van der Waals surface area contributed by atoms with E-state index in [4.69, 9.17) is 5.26 Å². The fraction of sp³-hybridized carbons (Fsp3) is 0.278. The van der Waals surface area contributed by atoms with Gasteiger partial charge >= 0.3 is 0 Å². The highest BCUT2D eigenvalue weighted by Crippen LogP contribution is 2.33. The molecule has 23 heavy (non-hydrogen) atoms. The number of nitriles is 1. The van der Waals surface area contributed by atoms with Gasteiger partial charge in [-0.25, -0.2) is 8.78 Å². The molecule has 0 saturated carbocycles. The molecule has 0 spiro atoms. The number of hydrogen-bond acceptors (Lipinski definition) is 3. The first-order chi connectivity index (χ1) is 11.1. The number of rotatable bonds is 3. The molecule has 0 amide bonds. The Kier molecular flexibility index (Phi) is 4.37. The molecule has 1 heterocycles. The number of likely N-dealkylation sites (tertiary alicyclic amines) is 1. The molecule has 3 rings (SSSR count). The average molecular weight is 314 g/mol. The molecule has 0 unspecified atom stereocenters. The first kappa shape index (κ1) is 15.6. The molecule has 0 bridgehead atoms. The zero-order valence-corrected chi connectivity index (χ0v) is 12.4. The third kappa shape index (κ3) is 3.39. The van der Waals surface area contributed by atoms with Crippen LogP contribution in [0.15, 0.2) is 42.5 Å². The van der Waals surface area contributed by atoms with E-state index in [1.54, 1.807) is 24.3 Å². The number of β-amino-alcohol motifs (C(OH)–C–C–N with tert-alkyl or cyclic N) is 1. The zero-order chi connectivity index (χ0) is 16.4. The molecule has 1 fully saturated rings. The van der Waals surface area contributed by atoms with E-state index < -0.39 is 11.9 Å². The summed E-state index contributed by atoms with van der Waals surface area (Å²) in [6.45, 7) is 0.936. The topological polar surface area (TPSA) is 47.3 Å². The van der Waals surface area contributed by atoms with E-state index in [1.807, 2.05) is 4.90 Å². The average Bonchev–Trinajstić information content (AvgIpc) is 2.89. The summed E-state index contributed by atoms with van der Waals surface area (Å²) < 4.78 is 26.8. The van der Waals surface area contributed by atoms with Gasteiger partial charge in [0.2, 0.25) is 0 Å². The van der Waals surface area contributed by atoms with Crippen LogP contribution in [0.5, 0.6) is 0 Å². The Morgan fingerprint density at radius 2 is 1.91 bits per heavy atom. The Balaban J connectivity index is 1.81. The standard InChI is InChI=1S/C18H16F2N2O/c19-15-5-3-13(4-6-15)18-8-16(23)11-22(18)10-12-1-2-14(9-21)17(20)7-12/h1-7,16,18,23H,8,10-11H2/t16-,18-/m1/s1. The fourth-order valence-electron chi connectivity index (χ4n) is 3.07. The molecular weight excluding hydrogens is 298 g/mol. The van der Waals surface area contributed by atoms with Crippen LogP contribution in [0.2, 0.25) is 0 Å². The van der Waals surface area contributed by atoms with Gasteiger partial charge in [-0.1, -0.05) is 18.2 Å². The summed E-state index contributed by atoms with van der Waals surface area (Å²) in [5, 5.41) is 18.7. The normalized spacial score (nSPS) is 21.3. The van der Waals surface area contributed by atoms with Crippen molar-refractivity contribution in [2.45, 2.75) is 25.1 Å². The van der Waals surface area contributed by atoms with E-state index >= 15 is 0 Å². The van der Waals surface area contributed by atoms with E-state index in [9.17, 15) is 13.9 Å². The summed E-state index contributed by atoms with van der Waals surface area (Å²) >= 11 is 0. The molecule has 1 aliphatic heterocycles. The molecule has 1 N–H and O–H groups in total. The minimum absolute atomic E-state index is 0.0188. The van der Waals surface area contributed by atoms with Gasteiger partial charge in [0.1, 0.15) is 17.7 Å². The van der Waals surface area contributed by atoms with Crippen LogP contribution in [0, 0.1) is 23.0 Å². The van der Waals surface area contributed by atoms with Crippen molar-refractivity contribution in [2.75, 3.05) is 6.54 Å². The highest BCUT2D eigenvalue weighted by molar-refractivity contribution is 5.33. The maximum absolute atomic E-state index is 13.7. The third-order valence-corrected chi connectivity index (χ3v) is 4.18. The van der Waals surface area contributed by atoms with E-state index in [0.29, 0.717) is 19.5 Å². The third-order valence-electron chi connectivity index (χ3n) is 4.18. The molecule has 0 aliphatic carbocycles. The molecule has 118 valence electrons. The number of aliphatic hydroxyl groups is 1. The molecule has 1 saturated heterocycles. The van der Waals surface area contributed by atoms with Gasteiger partial charge in [0.25, 0.3) is 0 Å². The van der Waals surface area contributed by atoms with Gasteiger partial charge in [-0.2, -0.15) is 5.26 Å². The lowest BCUT2D eigenvalue weighted by molar-refractivity contribution is 0.172. The van der Waals surface area contributed by atoms with Crippen LogP contribution in [0.3, 0.4) is 0 Å². The number of hydrogen-bond donors (Lipinski definition) is 1. The van der Waals surface area contributed by atoms with Crippen LogP contribution < -0.4 is 0 Å². The predicted molar refractivity (Wildman–Crippen MR) is 81.3 cm³/mol. The second kappa shape index (κ2) is 6.45. The summed E-state index contributed by atoms with van der Waals surface area (Å²) in [4.78, 5) is 2.04. The van der Waals surface area contributed by atoms with E-state index in [-0.39, 0.29) is 17.4 Å². The summed E-state index contributed by atoms with van der Waals surface area (Å²) in [6.07, 6.45) is 0.0954. The van der Waals surface area contributed by atoms with Gasteiger partial charge < -0.3 is 5.11 Å². The summed E-state index contributed by atoms with van der Waals surface area (Å²) in [7, 11) is 0. The van der Waals surface area contributed by atoms with Crippen molar-refractivity contribution in [1.29, 1.82) is 5.26 Å². The van der Waals surface area contributed by atoms with Gasteiger partial charge in [-0.15, -0.1) is 0 Å². The van der Waals surface area contributed by atoms with Crippen molar-refractivity contribution in [2.24, 2.45) is 0 Å². The molecule has 5 heteroatoms. The van der Waals surface area contributed by atoms with Gasteiger partial charge in [-0.05, 0) is 41.8 Å². The summed E-state index contributed by atoms with van der Waals surface area (Å²) in [6, 6.07) is 12.5. The highest BCUT2D eigenvalue weighted by Gasteiger charge is 2.32. The van der Waals surface area contributed by atoms with Crippen molar-refractivity contribution in [3.8, 4) is 6.07 Å². The van der Waals surface area contributed by atoms with Crippen molar-refractivity contribution in [3.05, 3.63) is 70.8 Å². The minimum Gasteiger partial charge on any atom is -0.392 e. The highest BCUT2D eigenvalue weighted by atomic mass is 19.1. The second-order valence-corrected chi connectivity index (χ2v) is 5.81. The predicted octanol–water partition coefficient (Wildman–Crippen LogP) is 3.14. The van der Waals surface area contributed by atoms with Crippen LogP contribution in [0.4, 0.5) is 8.78 Å². The van der Waals surface area contributed by atoms with Gasteiger partial charge in [0.05, 0.1) is 11.7 Å². The Morgan fingerprint density at radius 3 is 2.57 bits per heavy atom. The van der Waals surface area contributed by atoms with Gasteiger partial charge in [0, 0.05) is 19.1 Å². The van der Waals surface area contributed by atoms with E-state index in [0.717, 1.165) is 11.1 Å². The first-order valence-corrected chi connectivity index (χ1v) is 7.43. The number of halogens is 2. The van der Waals surface area contributed by atoms with Crippen molar-refractivity contribution in [3.63, 3.8) is 0 Å². The minimum atomic E-state index is -0.539. The number of benzene rings is 2. The fourth-order valence-corrected chi connectivity index (χ4v) is 3.07. The smallest absolute Gasteiger partial charge is 0.141 e. The van der Waals surface area contributed by atoms with Crippen LogP contribution in [-0.2, 0) is 6.54 Å². The molecule has 2 atom stereocenters. The Hall–Kier alpha value is -2.29. The lowest BCUT2D eigenvalue weighted by Crippen LogP contribution is -2.24. The maximum Gasteiger partial charge on any atom is 0.141 e. The molecule has 2 aromatic carbocycles. The second-order valence-electron chi connectivity index (χ2n) is 5.81. The van der Waals surface area contributed by atoms with Crippen molar-refractivity contribution < 1.29 is 13.9 Å². The lowest BCUT2D eigenvalue weighted by Gasteiger charge is -2.24. The van der Waals surface area contributed by atoms with E-state index in [2.05, 4.69) is 0 Å². The molecule has 3 nitrogen and oxygen atoms in total. The summed E-state index contributed by atoms with van der Waals surface area (Å²) in [5.74, 6) is -0.837. The maximum atomic E-state index is 13.7. The quantitative estimate of drug-likeness (QED) is 0.947. The van der Waals surface area contributed by atoms with Crippen molar-refractivity contribution >= 4 is 0 Å². The molecule has 0 radical (unpaired) electrons. The molecular formula is C18H16F2N2O. The largest absolute Gasteiger partial charge is 0.392 e. The number of nitrogens with zero attached hydrogens (tertiary/aromatic N) is 2. The first-order valence-electron chi connectivity index (χ1n) is 7.43. The summed E-state index contributed by atoms with van der Waals surface area (Å²) in [5.41, 5.74) is 1.69.